The molecule has 0 fully saturated rings. The maximum absolute atomic E-state index is 12.2. The van der Waals surface area contributed by atoms with Crippen LogP contribution in [-0.2, 0) is 40.0 Å². The van der Waals surface area contributed by atoms with Crippen molar-refractivity contribution >= 4 is 5.97 Å². The van der Waals surface area contributed by atoms with Crippen LogP contribution in [0.5, 0.6) is 5.75 Å². The first-order valence-corrected chi connectivity index (χ1v) is 17.3. The predicted molar refractivity (Wildman–Crippen MR) is 190 cm³/mol. The number of rotatable bonds is 15. The molecule has 0 N–H and O–H groups in total. The molecule has 1 aliphatic rings. The molecule has 4 aromatic rings. The summed E-state index contributed by atoms with van der Waals surface area (Å²) in [5.74, 6) is 0.823. The van der Waals surface area contributed by atoms with E-state index in [2.05, 4.69) is 92.5 Å². The largest absolute Gasteiger partial charge is 0.492 e. The Hall–Kier alpha value is -3.93. The molecule has 5 rings (SSSR count). The first-order chi connectivity index (χ1) is 22.9. The number of likely N-dealkylation sites (N-methyl/N-ethyl adjacent to an activating group) is 1. The van der Waals surface area contributed by atoms with Gasteiger partial charge in [-0.2, -0.15) is 0 Å². The summed E-state index contributed by atoms with van der Waals surface area (Å²) in [5, 5.41) is 0. The fraction of sp³-hybridized carbons (Fsp3) is 0.405. The van der Waals surface area contributed by atoms with E-state index in [0.29, 0.717) is 25.6 Å². The number of carbonyl (C=O) groups excluding carboxylic acids is 1. The number of hydrogen-bond acceptors (Lipinski definition) is 5. The van der Waals surface area contributed by atoms with E-state index in [4.69, 9.17) is 14.2 Å². The molecule has 47 heavy (non-hydrogen) atoms. The van der Waals surface area contributed by atoms with Crippen LogP contribution < -0.4 is 4.74 Å². The van der Waals surface area contributed by atoms with E-state index in [9.17, 15) is 4.79 Å². The topological polar surface area (TPSA) is 48.0 Å². The van der Waals surface area contributed by atoms with Gasteiger partial charge in [0.05, 0.1) is 12.6 Å². The van der Waals surface area contributed by atoms with Crippen LogP contribution in [0.25, 0.3) is 0 Å². The molecule has 4 aromatic carbocycles. The number of unbranched alkanes of at least 4 members (excludes halogenated alkanes) is 1. The van der Waals surface area contributed by atoms with Crippen LogP contribution in [0.15, 0.2) is 91.0 Å². The van der Waals surface area contributed by atoms with Crippen molar-refractivity contribution in [3.05, 3.63) is 136 Å². The molecule has 0 saturated heterocycles. The summed E-state index contributed by atoms with van der Waals surface area (Å²) in [7, 11) is 3.77. The highest BCUT2D eigenvalue weighted by molar-refractivity contribution is 5.75. The molecule has 0 heterocycles. The number of fused-ring (bicyclic) bond motifs is 2. The van der Waals surface area contributed by atoms with Gasteiger partial charge in [-0.1, -0.05) is 99.1 Å². The Kier molecular flexibility index (Phi) is 12.3. The van der Waals surface area contributed by atoms with E-state index in [1.807, 2.05) is 24.3 Å². The molecular weight excluding hydrogens is 582 g/mol. The molecule has 5 heteroatoms. The Morgan fingerprint density at radius 2 is 1.60 bits per heavy atom. The van der Waals surface area contributed by atoms with Crippen molar-refractivity contribution in [1.82, 2.24) is 4.90 Å². The predicted octanol–water partition coefficient (Wildman–Crippen LogP) is 8.50. The molecule has 248 valence electrons. The van der Waals surface area contributed by atoms with Crippen LogP contribution in [0.1, 0.15) is 90.1 Å². The second kappa shape index (κ2) is 16.8. The Labute approximate surface area is 281 Å². The smallest absolute Gasteiger partial charge is 0.335 e. The summed E-state index contributed by atoms with van der Waals surface area (Å²) in [4.78, 5) is 14.6. The summed E-state index contributed by atoms with van der Waals surface area (Å²) in [5.41, 5.74) is 10.9. The first-order valence-electron chi connectivity index (χ1n) is 17.3. The quantitative estimate of drug-likeness (QED) is 0.123. The molecule has 0 bridgehead atoms. The van der Waals surface area contributed by atoms with Gasteiger partial charge in [0.2, 0.25) is 0 Å². The minimum absolute atomic E-state index is 0.157. The Morgan fingerprint density at radius 3 is 2.32 bits per heavy atom. The zero-order valence-electron chi connectivity index (χ0n) is 28.8. The molecule has 3 atom stereocenters. The van der Waals surface area contributed by atoms with Gasteiger partial charge in [-0.05, 0) is 96.3 Å². The van der Waals surface area contributed by atoms with Crippen LogP contribution in [0, 0.1) is 0 Å². The summed E-state index contributed by atoms with van der Waals surface area (Å²) in [6, 6.07) is 33.3. The lowest BCUT2D eigenvalue weighted by molar-refractivity contribution is -0.154. The molecule has 0 saturated carbocycles. The highest BCUT2D eigenvalue weighted by Crippen LogP contribution is 2.38. The maximum atomic E-state index is 12.2. The van der Waals surface area contributed by atoms with Gasteiger partial charge in [0.15, 0.2) is 6.10 Å². The van der Waals surface area contributed by atoms with Crippen LogP contribution in [0.2, 0.25) is 0 Å². The van der Waals surface area contributed by atoms with Crippen molar-refractivity contribution in [2.75, 3.05) is 33.9 Å². The van der Waals surface area contributed by atoms with E-state index < -0.39 is 6.10 Å². The van der Waals surface area contributed by atoms with Gasteiger partial charge in [0.1, 0.15) is 12.4 Å². The van der Waals surface area contributed by atoms with E-state index >= 15 is 0 Å². The third-order valence-corrected chi connectivity index (χ3v) is 9.58. The molecule has 5 nitrogen and oxygen atoms in total. The van der Waals surface area contributed by atoms with Crippen LogP contribution >= 0.6 is 0 Å². The third-order valence-electron chi connectivity index (χ3n) is 9.58. The highest BCUT2D eigenvalue weighted by atomic mass is 16.6. The van der Waals surface area contributed by atoms with E-state index in [1.54, 1.807) is 6.92 Å². The van der Waals surface area contributed by atoms with Gasteiger partial charge in [-0.15, -0.1) is 0 Å². The Balaban J connectivity index is 1.34. The van der Waals surface area contributed by atoms with E-state index in [0.717, 1.165) is 37.1 Å². The summed E-state index contributed by atoms with van der Waals surface area (Å²) in [6.07, 6.45) is 5.46. The lowest BCUT2D eigenvalue weighted by Crippen LogP contribution is -2.30. The second-order valence-electron chi connectivity index (χ2n) is 12.8. The minimum atomic E-state index is -0.610. The van der Waals surface area contributed by atoms with Gasteiger partial charge in [-0.3, -0.25) is 4.90 Å². The number of methoxy groups -OCH3 is 1. The normalized spacial score (nSPS) is 15.3. The van der Waals surface area contributed by atoms with Crippen LogP contribution in [-0.4, -0.2) is 50.9 Å². The SMILES string of the molecule is CCCCc1ccc2c(c1)C(N(C)CCOc1ccc(CC(OC)C(=O)OCC)cc1)c1ccc(C(C)c3ccccc3)cc1CC2. The number of benzene rings is 4. The fourth-order valence-corrected chi connectivity index (χ4v) is 6.76. The Morgan fingerprint density at radius 1 is 0.851 bits per heavy atom. The van der Waals surface area contributed by atoms with Gasteiger partial charge in [-0.25, -0.2) is 4.79 Å². The second-order valence-corrected chi connectivity index (χ2v) is 12.8. The van der Waals surface area contributed by atoms with Crippen LogP contribution in [0.3, 0.4) is 0 Å². The van der Waals surface area contributed by atoms with Gasteiger partial charge in [0, 0.05) is 26.0 Å². The minimum Gasteiger partial charge on any atom is -0.492 e. The summed E-state index contributed by atoms with van der Waals surface area (Å²) >= 11 is 0. The molecule has 0 aromatic heterocycles. The zero-order valence-corrected chi connectivity index (χ0v) is 28.8. The van der Waals surface area contributed by atoms with Crippen molar-refractivity contribution in [2.45, 2.75) is 77.4 Å². The number of hydrogen-bond donors (Lipinski definition) is 0. The molecular formula is C42H51NO4. The summed E-state index contributed by atoms with van der Waals surface area (Å²) < 4.78 is 16.8. The Bertz CT molecular complexity index is 1580. The molecule has 3 unspecified atom stereocenters. The fourth-order valence-electron chi connectivity index (χ4n) is 6.76. The number of esters is 1. The third kappa shape index (κ3) is 8.71. The first kappa shape index (κ1) is 34.4. The molecule has 0 aliphatic heterocycles. The van der Waals surface area contributed by atoms with Crippen molar-refractivity contribution in [3.8, 4) is 5.75 Å². The van der Waals surface area contributed by atoms with Gasteiger partial charge < -0.3 is 14.2 Å². The number of carbonyl (C=O) groups is 1. The van der Waals surface area contributed by atoms with Gasteiger partial charge >= 0.3 is 5.97 Å². The maximum Gasteiger partial charge on any atom is 0.335 e. The van der Waals surface area contributed by atoms with Crippen molar-refractivity contribution in [3.63, 3.8) is 0 Å². The lowest BCUT2D eigenvalue weighted by Gasteiger charge is -2.31. The van der Waals surface area contributed by atoms with Crippen molar-refractivity contribution in [2.24, 2.45) is 0 Å². The molecule has 0 spiro atoms. The number of aryl methyl sites for hydroxylation is 3. The standard InChI is InChI=1S/C42H51NO4/c1-6-8-12-31-15-18-34-19-20-36-29-35(30(3)33-13-10-9-11-14-33)21-24-38(36)41(39(34)27-31)43(4)25-26-47-37-22-16-32(17-23-37)28-40(45-5)42(44)46-7-2/h9-11,13-18,21-24,27,29-30,40-41H,6-8,12,19-20,25-26,28H2,1-5H3. The monoisotopic (exact) mass is 633 g/mol. The van der Waals surface area contributed by atoms with E-state index in [1.165, 1.54) is 58.9 Å². The average Bonchev–Trinajstić information content (AvgIpc) is 3.26. The number of nitrogens with zero attached hydrogens (tertiary/aromatic N) is 1. The molecule has 0 radical (unpaired) electrons. The highest BCUT2D eigenvalue weighted by Gasteiger charge is 2.28. The van der Waals surface area contributed by atoms with E-state index in [-0.39, 0.29) is 12.0 Å². The van der Waals surface area contributed by atoms with Crippen molar-refractivity contribution in [1.29, 1.82) is 0 Å². The molecule has 0 amide bonds. The molecule has 1 aliphatic carbocycles. The van der Waals surface area contributed by atoms with Crippen molar-refractivity contribution < 1.29 is 19.0 Å². The zero-order chi connectivity index (χ0) is 33.2. The van der Waals surface area contributed by atoms with Gasteiger partial charge in [0.25, 0.3) is 0 Å². The number of ether oxygens (including phenoxy) is 3. The summed E-state index contributed by atoms with van der Waals surface area (Å²) in [6.45, 7) is 8.06. The van der Waals surface area contributed by atoms with Crippen LogP contribution in [0.4, 0.5) is 0 Å². The average molecular weight is 634 g/mol. The lowest BCUT2D eigenvalue weighted by atomic mass is 9.87.